The van der Waals surface area contributed by atoms with Crippen LogP contribution in [0.1, 0.15) is 12.8 Å². The van der Waals surface area contributed by atoms with Gasteiger partial charge in [-0.25, -0.2) is 0 Å². The van der Waals surface area contributed by atoms with E-state index in [9.17, 15) is 9.90 Å². The monoisotopic (exact) mass is 258 g/mol. The van der Waals surface area contributed by atoms with Crippen LogP contribution in [0.3, 0.4) is 0 Å². The molecule has 1 N–H and O–H groups in total. The van der Waals surface area contributed by atoms with E-state index >= 15 is 0 Å². The van der Waals surface area contributed by atoms with Crippen LogP contribution < -0.4 is 4.90 Å². The number of carboxylic acids is 1. The molecule has 2 aromatic rings. The highest BCUT2D eigenvalue weighted by atomic mass is 16.4. The van der Waals surface area contributed by atoms with E-state index in [1.807, 2.05) is 26.2 Å². The van der Waals surface area contributed by atoms with Gasteiger partial charge in [0.25, 0.3) is 0 Å². The van der Waals surface area contributed by atoms with Crippen molar-refractivity contribution in [3.8, 4) is 0 Å². The minimum atomic E-state index is -0.667. The summed E-state index contributed by atoms with van der Waals surface area (Å²) >= 11 is 0. The predicted octanol–water partition coefficient (Wildman–Crippen LogP) is 2.48. The van der Waals surface area contributed by atoms with E-state index in [1.54, 1.807) is 0 Å². The van der Waals surface area contributed by atoms with Crippen molar-refractivity contribution in [3.05, 3.63) is 30.5 Å². The Bertz CT molecular complexity index is 641. The van der Waals surface area contributed by atoms with Crippen LogP contribution in [0.15, 0.2) is 30.5 Å². The molecule has 1 aromatic heterocycles. The van der Waals surface area contributed by atoms with Gasteiger partial charge in [-0.05, 0) is 18.9 Å². The molecular weight excluding hydrogens is 240 g/mol. The number of nitrogens with zero attached hydrogens (tertiary/aromatic N) is 2. The summed E-state index contributed by atoms with van der Waals surface area (Å²) in [6.45, 7) is 0.580. The third kappa shape index (κ3) is 1.87. The summed E-state index contributed by atoms with van der Waals surface area (Å²) in [5.74, 6) is -0.667. The average molecular weight is 258 g/mol. The SMILES string of the molecule is CN(CC1(C(=O)O)CC1)c1cn(C)c2ccccc12. The lowest BCUT2D eigenvalue weighted by molar-refractivity contribution is -0.142. The quantitative estimate of drug-likeness (QED) is 0.916. The van der Waals surface area contributed by atoms with Gasteiger partial charge in [-0.1, -0.05) is 18.2 Å². The van der Waals surface area contributed by atoms with Gasteiger partial charge in [0.05, 0.1) is 11.1 Å². The van der Waals surface area contributed by atoms with Crippen molar-refractivity contribution in [1.29, 1.82) is 0 Å². The zero-order valence-electron chi connectivity index (χ0n) is 11.3. The van der Waals surface area contributed by atoms with Crippen LogP contribution >= 0.6 is 0 Å². The maximum atomic E-state index is 11.3. The van der Waals surface area contributed by atoms with Crippen molar-refractivity contribution >= 4 is 22.6 Å². The minimum Gasteiger partial charge on any atom is -0.481 e. The molecular formula is C15H18N2O2. The largest absolute Gasteiger partial charge is 0.481 e. The second kappa shape index (κ2) is 4.02. The summed E-state index contributed by atoms with van der Waals surface area (Å²) in [4.78, 5) is 13.4. The Morgan fingerprint density at radius 2 is 2.11 bits per heavy atom. The molecule has 1 aliphatic carbocycles. The Hall–Kier alpha value is -1.97. The Morgan fingerprint density at radius 1 is 1.42 bits per heavy atom. The third-order valence-electron chi connectivity index (χ3n) is 4.13. The lowest BCUT2D eigenvalue weighted by Gasteiger charge is -2.22. The molecule has 4 nitrogen and oxygen atoms in total. The molecule has 1 heterocycles. The summed E-state index contributed by atoms with van der Waals surface area (Å²) in [5.41, 5.74) is 1.75. The molecule has 0 unspecified atom stereocenters. The lowest BCUT2D eigenvalue weighted by atomic mass is 10.1. The number of rotatable bonds is 4. The van der Waals surface area contributed by atoms with E-state index in [0.29, 0.717) is 6.54 Å². The Morgan fingerprint density at radius 3 is 2.74 bits per heavy atom. The molecule has 1 saturated carbocycles. The van der Waals surface area contributed by atoms with Gasteiger partial charge in [0.2, 0.25) is 0 Å². The Balaban J connectivity index is 1.94. The zero-order chi connectivity index (χ0) is 13.6. The first kappa shape index (κ1) is 12.1. The summed E-state index contributed by atoms with van der Waals surface area (Å²) in [7, 11) is 3.99. The minimum absolute atomic E-state index is 0.522. The maximum Gasteiger partial charge on any atom is 0.311 e. The number of fused-ring (bicyclic) bond motifs is 1. The molecule has 0 aliphatic heterocycles. The van der Waals surface area contributed by atoms with Gasteiger partial charge in [0.15, 0.2) is 0 Å². The van der Waals surface area contributed by atoms with Crippen LogP contribution in [0.5, 0.6) is 0 Å². The fourth-order valence-corrected chi connectivity index (χ4v) is 2.75. The number of hydrogen-bond donors (Lipinski definition) is 1. The van der Waals surface area contributed by atoms with Crippen LogP contribution in [-0.4, -0.2) is 29.2 Å². The summed E-state index contributed by atoms with van der Waals surface area (Å²) in [6.07, 6.45) is 3.65. The molecule has 0 saturated heterocycles. The van der Waals surface area contributed by atoms with Crippen molar-refractivity contribution < 1.29 is 9.90 Å². The molecule has 0 radical (unpaired) electrons. The third-order valence-corrected chi connectivity index (χ3v) is 4.13. The van der Waals surface area contributed by atoms with Crippen molar-refractivity contribution in [2.24, 2.45) is 12.5 Å². The predicted molar refractivity (Wildman–Crippen MR) is 75.5 cm³/mol. The van der Waals surface area contributed by atoms with Crippen molar-refractivity contribution in [3.63, 3.8) is 0 Å². The highest BCUT2D eigenvalue weighted by Crippen LogP contribution is 2.47. The van der Waals surface area contributed by atoms with Gasteiger partial charge >= 0.3 is 5.97 Å². The number of para-hydroxylation sites is 1. The number of carboxylic acid groups (broad SMARTS) is 1. The molecule has 19 heavy (non-hydrogen) atoms. The van der Waals surface area contributed by atoms with Crippen LogP contribution in [0.2, 0.25) is 0 Å². The van der Waals surface area contributed by atoms with E-state index in [-0.39, 0.29) is 0 Å². The highest BCUT2D eigenvalue weighted by molar-refractivity contribution is 5.93. The smallest absolute Gasteiger partial charge is 0.311 e. The lowest BCUT2D eigenvalue weighted by Crippen LogP contribution is -2.31. The van der Waals surface area contributed by atoms with Gasteiger partial charge < -0.3 is 14.6 Å². The first-order valence-electron chi connectivity index (χ1n) is 6.52. The molecule has 1 aliphatic rings. The number of hydrogen-bond acceptors (Lipinski definition) is 2. The highest BCUT2D eigenvalue weighted by Gasteiger charge is 2.51. The molecule has 0 bridgehead atoms. The van der Waals surface area contributed by atoms with Gasteiger partial charge in [0.1, 0.15) is 0 Å². The fraction of sp³-hybridized carbons (Fsp3) is 0.400. The number of benzene rings is 1. The number of aliphatic carboxylic acids is 1. The molecule has 100 valence electrons. The maximum absolute atomic E-state index is 11.3. The molecule has 3 rings (SSSR count). The summed E-state index contributed by atoms with van der Waals surface area (Å²) < 4.78 is 2.08. The molecule has 1 aromatic carbocycles. The topological polar surface area (TPSA) is 45.5 Å². The van der Waals surface area contributed by atoms with Gasteiger partial charge in [-0.2, -0.15) is 0 Å². The molecule has 0 amide bonds. The van der Waals surface area contributed by atoms with Crippen LogP contribution in [0, 0.1) is 5.41 Å². The number of aryl methyl sites for hydroxylation is 1. The average Bonchev–Trinajstić information content (AvgIpc) is 3.09. The second-order valence-electron chi connectivity index (χ2n) is 5.58. The zero-order valence-corrected chi connectivity index (χ0v) is 11.3. The van der Waals surface area contributed by atoms with Crippen LogP contribution in [0.25, 0.3) is 10.9 Å². The van der Waals surface area contributed by atoms with E-state index < -0.39 is 11.4 Å². The molecule has 4 heteroatoms. The van der Waals surface area contributed by atoms with E-state index in [2.05, 4.69) is 27.8 Å². The van der Waals surface area contributed by atoms with E-state index in [4.69, 9.17) is 0 Å². The fourth-order valence-electron chi connectivity index (χ4n) is 2.75. The first-order valence-corrected chi connectivity index (χ1v) is 6.52. The number of aromatic nitrogens is 1. The van der Waals surface area contributed by atoms with Gasteiger partial charge in [-0.3, -0.25) is 4.79 Å². The number of anilines is 1. The standard InChI is InChI=1S/C15H18N2O2/c1-16-9-13(11-5-3-4-6-12(11)16)17(2)10-15(7-8-15)14(18)19/h3-6,9H,7-8,10H2,1-2H3,(H,18,19). The molecule has 1 fully saturated rings. The first-order chi connectivity index (χ1) is 9.03. The Labute approximate surface area is 112 Å². The summed E-state index contributed by atoms with van der Waals surface area (Å²) in [5, 5.41) is 10.5. The van der Waals surface area contributed by atoms with Crippen LogP contribution in [-0.2, 0) is 11.8 Å². The summed E-state index contributed by atoms with van der Waals surface area (Å²) in [6, 6.07) is 8.20. The van der Waals surface area contributed by atoms with Crippen LogP contribution in [0.4, 0.5) is 5.69 Å². The number of carbonyl (C=O) groups is 1. The second-order valence-corrected chi connectivity index (χ2v) is 5.58. The van der Waals surface area contributed by atoms with Gasteiger partial charge in [-0.15, -0.1) is 0 Å². The van der Waals surface area contributed by atoms with E-state index in [0.717, 1.165) is 18.5 Å². The van der Waals surface area contributed by atoms with Crippen molar-refractivity contribution in [1.82, 2.24) is 4.57 Å². The normalized spacial score (nSPS) is 16.5. The van der Waals surface area contributed by atoms with E-state index in [1.165, 1.54) is 10.9 Å². The van der Waals surface area contributed by atoms with Gasteiger partial charge in [0, 0.05) is 37.7 Å². The van der Waals surface area contributed by atoms with Crippen molar-refractivity contribution in [2.75, 3.05) is 18.5 Å². The molecule has 0 spiro atoms. The molecule has 0 atom stereocenters. The Kier molecular flexibility index (Phi) is 2.55. The van der Waals surface area contributed by atoms with Crippen molar-refractivity contribution in [2.45, 2.75) is 12.8 Å².